The molecule has 0 fully saturated rings. The van der Waals surface area contributed by atoms with Gasteiger partial charge in [-0.2, -0.15) is 0 Å². The van der Waals surface area contributed by atoms with Gasteiger partial charge in [-0.05, 0) is 29.1 Å². The van der Waals surface area contributed by atoms with E-state index in [0.717, 1.165) is 26.5 Å². The first-order chi connectivity index (χ1) is 10.2. The van der Waals surface area contributed by atoms with Crippen LogP contribution >= 0.6 is 15.9 Å². The zero-order valence-electron chi connectivity index (χ0n) is 11.2. The standard InChI is InChI=1S/C17H13BrN2O/c18-15-7-8-16(14-6-2-1-5-13(14)15)20-17(21)10-12-4-3-9-19-11-12/h1-9,11H,10H2,(H,20,21). The predicted molar refractivity (Wildman–Crippen MR) is 88.2 cm³/mol. The molecule has 0 aliphatic heterocycles. The highest BCUT2D eigenvalue weighted by Crippen LogP contribution is 2.29. The average Bonchev–Trinajstić information content (AvgIpc) is 2.51. The molecule has 0 saturated carbocycles. The Hall–Kier alpha value is -2.20. The summed E-state index contributed by atoms with van der Waals surface area (Å²) in [6.07, 6.45) is 3.72. The van der Waals surface area contributed by atoms with Crippen molar-refractivity contribution in [1.82, 2.24) is 4.98 Å². The molecule has 1 N–H and O–H groups in total. The number of nitrogens with zero attached hydrogens (tertiary/aromatic N) is 1. The Morgan fingerprint density at radius 2 is 1.86 bits per heavy atom. The van der Waals surface area contributed by atoms with Gasteiger partial charge in [0.15, 0.2) is 0 Å². The number of hydrogen-bond donors (Lipinski definition) is 1. The van der Waals surface area contributed by atoms with Crippen molar-refractivity contribution >= 4 is 38.3 Å². The number of amides is 1. The summed E-state index contributed by atoms with van der Waals surface area (Å²) in [5, 5.41) is 5.07. The minimum atomic E-state index is -0.0459. The number of benzene rings is 2. The van der Waals surface area contributed by atoms with E-state index in [1.807, 2.05) is 48.5 Å². The SMILES string of the molecule is O=C(Cc1cccnc1)Nc1ccc(Br)c2ccccc12. The second kappa shape index (κ2) is 6.06. The van der Waals surface area contributed by atoms with Gasteiger partial charge in [0.2, 0.25) is 5.91 Å². The van der Waals surface area contributed by atoms with Gasteiger partial charge in [-0.3, -0.25) is 9.78 Å². The first kappa shape index (κ1) is 13.8. The summed E-state index contributed by atoms with van der Waals surface area (Å²) in [5.74, 6) is -0.0459. The number of rotatable bonds is 3. The van der Waals surface area contributed by atoms with E-state index in [9.17, 15) is 4.79 Å². The van der Waals surface area contributed by atoms with Crippen molar-refractivity contribution in [2.45, 2.75) is 6.42 Å². The number of aromatic nitrogens is 1. The zero-order chi connectivity index (χ0) is 14.7. The van der Waals surface area contributed by atoms with Gasteiger partial charge in [-0.1, -0.05) is 46.3 Å². The fourth-order valence-electron chi connectivity index (χ4n) is 2.25. The third kappa shape index (κ3) is 3.11. The van der Waals surface area contributed by atoms with E-state index in [4.69, 9.17) is 0 Å². The normalized spacial score (nSPS) is 10.5. The Kier molecular flexibility index (Phi) is 3.97. The minimum absolute atomic E-state index is 0.0459. The molecule has 21 heavy (non-hydrogen) atoms. The van der Waals surface area contributed by atoms with Gasteiger partial charge in [0.1, 0.15) is 0 Å². The molecule has 1 heterocycles. The lowest BCUT2D eigenvalue weighted by Gasteiger charge is -2.10. The van der Waals surface area contributed by atoms with Gasteiger partial charge >= 0.3 is 0 Å². The topological polar surface area (TPSA) is 42.0 Å². The van der Waals surface area contributed by atoms with Crippen molar-refractivity contribution in [2.75, 3.05) is 5.32 Å². The number of fused-ring (bicyclic) bond motifs is 1. The molecule has 3 nitrogen and oxygen atoms in total. The highest BCUT2D eigenvalue weighted by atomic mass is 79.9. The van der Waals surface area contributed by atoms with Crippen LogP contribution in [0.25, 0.3) is 10.8 Å². The lowest BCUT2D eigenvalue weighted by Crippen LogP contribution is -2.14. The van der Waals surface area contributed by atoms with Crippen molar-refractivity contribution < 1.29 is 4.79 Å². The van der Waals surface area contributed by atoms with Gasteiger partial charge in [-0.25, -0.2) is 0 Å². The van der Waals surface area contributed by atoms with Gasteiger partial charge in [-0.15, -0.1) is 0 Å². The predicted octanol–water partition coefficient (Wildman–Crippen LogP) is 4.18. The highest BCUT2D eigenvalue weighted by Gasteiger charge is 2.08. The second-order valence-corrected chi connectivity index (χ2v) is 5.58. The molecule has 4 heteroatoms. The van der Waals surface area contributed by atoms with Crippen LogP contribution in [0, 0.1) is 0 Å². The van der Waals surface area contributed by atoms with Crippen molar-refractivity contribution in [3.05, 3.63) is 71.0 Å². The van der Waals surface area contributed by atoms with Crippen LogP contribution in [-0.4, -0.2) is 10.9 Å². The molecule has 0 bridgehead atoms. The smallest absolute Gasteiger partial charge is 0.228 e. The lowest BCUT2D eigenvalue weighted by atomic mass is 10.1. The molecule has 2 aromatic carbocycles. The van der Waals surface area contributed by atoms with Crippen molar-refractivity contribution in [3.8, 4) is 0 Å². The van der Waals surface area contributed by atoms with Crippen LogP contribution in [-0.2, 0) is 11.2 Å². The van der Waals surface area contributed by atoms with E-state index in [0.29, 0.717) is 6.42 Å². The molecule has 0 spiro atoms. The van der Waals surface area contributed by atoms with Crippen LogP contribution < -0.4 is 5.32 Å². The van der Waals surface area contributed by atoms with Crippen LogP contribution in [0.5, 0.6) is 0 Å². The van der Waals surface area contributed by atoms with E-state index in [1.54, 1.807) is 12.4 Å². The van der Waals surface area contributed by atoms with E-state index in [-0.39, 0.29) is 5.91 Å². The number of hydrogen-bond acceptors (Lipinski definition) is 2. The van der Waals surface area contributed by atoms with Crippen LogP contribution in [0.3, 0.4) is 0 Å². The minimum Gasteiger partial charge on any atom is -0.325 e. The first-order valence-electron chi connectivity index (χ1n) is 6.60. The van der Waals surface area contributed by atoms with E-state index in [1.165, 1.54) is 0 Å². The quantitative estimate of drug-likeness (QED) is 0.777. The maximum absolute atomic E-state index is 12.2. The molecule has 3 aromatic rings. The number of anilines is 1. The number of carbonyl (C=O) groups is 1. The molecule has 1 aromatic heterocycles. The Bertz CT molecular complexity index is 787. The number of carbonyl (C=O) groups excluding carboxylic acids is 1. The zero-order valence-corrected chi connectivity index (χ0v) is 12.8. The average molecular weight is 341 g/mol. The molecule has 3 rings (SSSR count). The molecule has 0 aliphatic rings. The first-order valence-corrected chi connectivity index (χ1v) is 7.39. The van der Waals surface area contributed by atoms with E-state index in [2.05, 4.69) is 26.2 Å². The Balaban J connectivity index is 1.85. The number of pyridine rings is 1. The molecular formula is C17H13BrN2O. The molecule has 0 radical (unpaired) electrons. The number of halogens is 1. The number of nitrogens with one attached hydrogen (secondary N) is 1. The van der Waals surface area contributed by atoms with Crippen molar-refractivity contribution in [3.63, 3.8) is 0 Å². The van der Waals surface area contributed by atoms with Gasteiger partial charge in [0.25, 0.3) is 0 Å². The summed E-state index contributed by atoms with van der Waals surface area (Å²) < 4.78 is 1.02. The summed E-state index contributed by atoms with van der Waals surface area (Å²) >= 11 is 3.53. The molecule has 0 aliphatic carbocycles. The maximum Gasteiger partial charge on any atom is 0.228 e. The van der Waals surface area contributed by atoms with Crippen molar-refractivity contribution in [2.24, 2.45) is 0 Å². The van der Waals surface area contributed by atoms with Gasteiger partial charge in [0.05, 0.1) is 6.42 Å². The molecule has 104 valence electrons. The largest absolute Gasteiger partial charge is 0.325 e. The summed E-state index contributed by atoms with van der Waals surface area (Å²) in [6.45, 7) is 0. The van der Waals surface area contributed by atoms with Gasteiger partial charge < -0.3 is 5.32 Å². The van der Waals surface area contributed by atoms with Crippen LogP contribution in [0.15, 0.2) is 65.4 Å². The second-order valence-electron chi connectivity index (χ2n) is 4.73. The molecule has 0 saturated heterocycles. The summed E-state index contributed by atoms with van der Waals surface area (Å²) in [6, 6.07) is 15.6. The third-order valence-corrected chi connectivity index (χ3v) is 3.92. The lowest BCUT2D eigenvalue weighted by molar-refractivity contribution is -0.115. The monoisotopic (exact) mass is 340 g/mol. The third-order valence-electron chi connectivity index (χ3n) is 3.23. The summed E-state index contributed by atoms with van der Waals surface area (Å²) in [4.78, 5) is 16.2. The molecule has 0 unspecified atom stereocenters. The van der Waals surface area contributed by atoms with Crippen LogP contribution in [0.4, 0.5) is 5.69 Å². The molecule has 1 amide bonds. The summed E-state index contributed by atoms with van der Waals surface area (Å²) in [5.41, 5.74) is 1.72. The summed E-state index contributed by atoms with van der Waals surface area (Å²) in [7, 11) is 0. The van der Waals surface area contributed by atoms with Crippen LogP contribution in [0.1, 0.15) is 5.56 Å². The Morgan fingerprint density at radius 3 is 2.62 bits per heavy atom. The van der Waals surface area contributed by atoms with Crippen LogP contribution in [0.2, 0.25) is 0 Å². The Labute approximate surface area is 131 Å². The van der Waals surface area contributed by atoms with E-state index < -0.39 is 0 Å². The Morgan fingerprint density at radius 1 is 1.05 bits per heavy atom. The fourth-order valence-corrected chi connectivity index (χ4v) is 2.73. The van der Waals surface area contributed by atoms with Crippen molar-refractivity contribution in [1.29, 1.82) is 0 Å². The molecular weight excluding hydrogens is 328 g/mol. The fraction of sp³-hybridized carbons (Fsp3) is 0.0588. The maximum atomic E-state index is 12.2. The molecule has 0 atom stereocenters. The highest BCUT2D eigenvalue weighted by molar-refractivity contribution is 9.10. The van der Waals surface area contributed by atoms with Gasteiger partial charge in [0, 0.05) is 27.9 Å². The van der Waals surface area contributed by atoms with E-state index >= 15 is 0 Å².